The second-order valence-corrected chi connectivity index (χ2v) is 4.89. The molecule has 1 aromatic heterocycles. The van der Waals surface area contributed by atoms with E-state index in [-0.39, 0.29) is 24.3 Å². The lowest BCUT2D eigenvalue weighted by Gasteiger charge is -2.41. The number of carboxylic acid groups (broad SMARTS) is 1. The molecular weight excluding hydrogens is 248 g/mol. The van der Waals surface area contributed by atoms with Gasteiger partial charge in [-0.1, -0.05) is 0 Å². The van der Waals surface area contributed by atoms with Crippen molar-refractivity contribution in [3.8, 4) is 0 Å². The molecule has 1 aliphatic heterocycles. The fourth-order valence-corrected chi connectivity index (χ4v) is 2.20. The number of carbonyl (C=O) groups is 2. The van der Waals surface area contributed by atoms with E-state index in [0.29, 0.717) is 25.4 Å². The minimum Gasteiger partial charge on any atom is -0.481 e. The molecule has 1 saturated heterocycles. The van der Waals surface area contributed by atoms with Crippen LogP contribution < -0.4 is 5.32 Å². The maximum absolute atomic E-state index is 11.9. The van der Waals surface area contributed by atoms with Crippen LogP contribution in [0.4, 0.5) is 0 Å². The molecule has 0 spiro atoms. The van der Waals surface area contributed by atoms with Gasteiger partial charge in [-0.3, -0.25) is 14.5 Å². The molecule has 1 unspecified atom stereocenters. The van der Waals surface area contributed by atoms with Crippen molar-refractivity contribution in [2.45, 2.75) is 25.9 Å². The van der Waals surface area contributed by atoms with Crippen molar-refractivity contribution in [2.75, 3.05) is 13.1 Å². The van der Waals surface area contributed by atoms with E-state index in [1.807, 2.05) is 11.8 Å². The molecule has 0 radical (unpaired) electrons. The van der Waals surface area contributed by atoms with E-state index in [1.54, 1.807) is 18.4 Å². The highest BCUT2D eigenvalue weighted by Gasteiger charge is 2.34. The van der Waals surface area contributed by atoms with Crippen LogP contribution in [0.5, 0.6) is 0 Å². The Balaban J connectivity index is 1.70. The van der Waals surface area contributed by atoms with Crippen LogP contribution in [0.3, 0.4) is 0 Å². The summed E-state index contributed by atoms with van der Waals surface area (Å²) in [5, 5.41) is 11.5. The first-order valence-corrected chi connectivity index (χ1v) is 6.32. The van der Waals surface area contributed by atoms with Gasteiger partial charge in [-0.15, -0.1) is 0 Å². The number of carbonyl (C=O) groups excluding carboxylic acids is 1. The molecule has 1 fully saturated rings. The number of carboxylic acids is 1. The molecule has 1 atom stereocenters. The lowest BCUT2D eigenvalue weighted by atomic mass is 9.94. The number of amides is 1. The molecule has 2 N–H and O–H groups in total. The predicted molar refractivity (Wildman–Crippen MR) is 67.3 cm³/mol. The van der Waals surface area contributed by atoms with Gasteiger partial charge in [0.25, 0.3) is 0 Å². The SMILES string of the molecule is CC(C(=O)NCc1ccco1)N1CC(CC(=O)O)C1. The van der Waals surface area contributed by atoms with Gasteiger partial charge in [0.05, 0.1) is 25.3 Å². The van der Waals surface area contributed by atoms with Gasteiger partial charge < -0.3 is 14.8 Å². The van der Waals surface area contributed by atoms with Gasteiger partial charge in [-0.05, 0) is 25.0 Å². The van der Waals surface area contributed by atoms with Crippen molar-refractivity contribution in [1.29, 1.82) is 0 Å². The van der Waals surface area contributed by atoms with Crippen LogP contribution in [0.2, 0.25) is 0 Å². The molecule has 0 aliphatic carbocycles. The third-order valence-corrected chi connectivity index (χ3v) is 3.39. The van der Waals surface area contributed by atoms with Gasteiger partial charge in [0.15, 0.2) is 0 Å². The number of nitrogens with zero attached hydrogens (tertiary/aromatic N) is 1. The summed E-state index contributed by atoms with van der Waals surface area (Å²) in [6.45, 7) is 3.54. The second kappa shape index (κ2) is 5.88. The Morgan fingerprint density at radius 2 is 2.32 bits per heavy atom. The Bertz CT molecular complexity index is 438. The van der Waals surface area contributed by atoms with Crippen LogP contribution in [0.15, 0.2) is 22.8 Å². The average molecular weight is 266 g/mol. The third kappa shape index (κ3) is 3.57. The summed E-state index contributed by atoms with van der Waals surface area (Å²) in [5.74, 6) is 0.0375. The van der Waals surface area contributed by atoms with Crippen LogP contribution in [-0.2, 0) is 16.1 Å². The number of nitrogens with one attached hydrogen (secondary N) is 1. The van der Waals surface area contributed by atoms with Crippen LogP contribution in [0.1, 0.15) is 19.1 Å². The van der Waals surface area contributed by atoms with Gasteiger partial charge in [-0.25, -0.2) is 0 Å². The third-order valence-electron chi connectivity index (χ3n) is 3.39. The summed E-state index contributed by atoms with van der Waals surface area (Å²) >= 11 is 0. The highest BCUT2D eigenvalue weighted by Crippen LogP contribution is 2.21. The standard InChI is InChI=1S/C13H18N2O4/c1-9(15-7-10(8-15)5-12(16)17)13(18)14-6-11-3-2-4-19-11/h2-4,9-10H,5-8H2,1H3,(H,14,18)(H,16,17). The van der Waals surface area contributed by atoms with Crippen LogP contribution >= 0.6 is 0 Å². The summed E-state index contributed by atoms with van der Waals surface area (Å²) in [7, 11) is 0. The number of likely N-dealkylation sites (tertiary alicyclic amines) is 1. The quantitative estimate of drug-likeness (QED) is 0.791. The summed E-state index contributed by atoms with van der Waals surface area (Å²) in [6, 6.07) is 3.34. The second-order valence-electron chi connectivity index (χ2n) is 4.89. The molecule has 0 saturated carbocycles. The summed E-state index contributed by atoms with van der Waals surface area (Å²) in [6.07, 6.45) is 1.74. The number of aliphatic carboxylic acids is 1. The number of rotatable bonds is 6. The van der Waals surface area contributed by atoms with Crippen LogP contribution in [0.25, 0.3) is 0 Å². The lowest BCUT2D eigenvalue weighted by molar-refractivity contribution is -0.140. The molecule has 19 heavy (non-hydrogen) atoms. The fourth-order valence-electron chi connectivity index (χ4n) is 2.20. The topological polar surface area (TPSA) is 82.8 Å². The summed E-state index contributed by atoms with van der Waals surface area (Å²) in [5.41, 5.74) is 0. The molecule has 1 aromatic rings. The summed E-state index contributed by atoms with van der Waals surface area (Å²) < 4.78 is 5.13. The minimum atomic E-state index is -0.778. The monoisotopic (exact) mass is 266 g/mol. The molecule has 2 heterocycles. The first-order chi connectivity index (χ1) is 9.06. The van der Waals surface area contributed by atoms with E-state index in [1.165, 1.54) is 0 Å². The average Bonchev–Trinajstić information content (AvgIpc) is 2.82. The number of hydrogen-bond acceptors (Lipinski definition) is 4. The predicted octanol–water partition coefficient (Wildman–Crippen LogP) is 0.691. The highest BCUT2D eigenvalue weighted by molar-refractivity contribution is 5.81. The first-order valence-electron chi connectivity index (χ1n) is 6.32. The molecule has 6 nitrogen and oxygen atoms in total. The molecule has 1 amide bonds. The van der Waals surface area contributed by atoms with Crippen molar-refractivity contribution in [2.24, 2.45) is 5.92 Å². The van der Waals surface area contributed by atoms with Gasteiger partial charge in [0.1, 0.15) is 5.76 Å². The number of hydrogen-bond donors (Lipinski definition) is 2. The van der Waals surface area contributed by atoms with Gasteiger partial charge in [-0.2, -0.15) is 0 Å². The van der Waals surface area contributed by atoms with Crippen molar-refractivity contribution in [3.05, 3.63) is 24.2 Å². The Labute approximate surface area is 111 Å². The van der Waals surface area contributed by atoms with Crippen molar-refractivity contribution in [3.63, 3.8) is 0 Å². The molecule has 0 aromatic carbocycles. The highest BCUT2D eigenvalue weighted by atomic mass is 16.4. The molecule has 0 bridgehead atoms. The van der Waals surface area contributed by atoms with Crippen molar-refractivity contribution < 1.29 is 19.1 Å². The van der Waals surface area contributed by atoms with E-state index in [4.69, 9.17) is 9.52 Å². The van der Waals surface area contributed by atoms with Crippen LogP contribution in [-0.4, -0.2) is 41.0 Å². The Kier molecular flexibility index (Phi) is 4.21. The van der Waals surface area contributed by atoms with Crippen LogP contribution in [0, 0.1) is 5.92 Å². The van der Waals surface area contributed by atoms with Gasteiger partial charge in [0.2, 0.25) is 5.91 Å². The number of furan rings is 1. The Hall–Kier alpha value is -1.82. The van der Waals surface area contributed by atoms with E-state index in [0.717, 1.165) is 0 Å². The molecule has 6 heteroatoms. The largest absolute Gasteiger partial charge is 0.481 e. The fraction of sp³-hybridized carbons (Fsp3) is 0.538. The van der Waals surface area contributed by atoms with Gasteiger partial charge >= 0.3 is 5.97 Å². The molecule has 104 valence electrons. The molecule has 1 aliphatic rings. The zero-order valence-corrected chi connectivity index (χ0v) is 10.8. The normalized spacial score (nSPS) is 17.7. The lowest BCUT2D eigenvalue weighted by Crippen LogP contribution is -2.56. The summed E-state index contributed by atoms with van der Waals surface area (Å²) in [4.78, 5) is 24.4. The van der Waals surface area contributed by atoms with Crippen molar-refractivity contribution >= 4 is 11.9 Å². The Morgan fingerprint density at radius 3 is 2.89 bits per heavy atom. The molecular formula is C13H18N2O4. The van der Waals surface area contributed by atoms with E-state index < -0.39 is 5.97 Å². The van der Waals surface area contributed by atoms with E-state index >= 15 is 0 Å². The minimum absolute atomic E-state index is 0.0647. The van der Waals surface area contributed by atoms with E-state index in [2.05, 4.69) is 5.32 Å². The smallest absolute Gasteiger partial charge is 0.303 e. The molecule has 2 rings (SSSR count). The first kappa shape index (κ1) is 13.6. The zero-order valence-electron chi connectivity index (χ0n) is 10.8. The Morgan fingerprint density at radius 1 is 1.58 bits per heavy atom. The zero-order chi connectivity index (χ0) is 13.8. The van der Waals surface area contributed by atoms with Gasteiger partial charge in [0, 0.05) is 13.1 Å². The van der Waals surface area contributed by atoms with Crippen molar-refractivity contribution in [1.82, 2.24) is 10.2 Å². The maximum atomic E-state index is 11.9. The van der Waals surface area contributed by atoms with E-state index in [9.17, 15) is 9.59 Å². The maximum Gasteiger partial charge on any atom is 0.303 e.